The number of imidazole rings is 1. The van der Waals surface area contributed by atoms with Crippen LogP contribution < -0.4 is 5.73 Å². The highest BCUT2D eigenvalue weighted by molar-refractivity contribution is 6.01. The van der Waals surface area contributed by atoms with Crippen molar-refractivity contribution in [2.24, 2.45) is 17.6 Å². The Bertz CT molecular complexity index is 1110. The summed E-state index contributed by atoms with van der Waals surface area (Å²) >= 11 is 0. The number of aromatic nitrogens is 3. The van der Waals surface area contributed by atoms with E-state index in [9.17, 15) is 4.79 Å². The molecule has 1 atom stereocenters. The summed E-state index contributed by atoms with van der Waals surface area (Å²) in [5.41, 5.74) is 8.70. The lowest BCUT2D eigenvalue weighted by molar-refractivity contribution is 0.0652. The van der Waals surface area contributed by atoms with E-state index in [0.717, 1.165) is 38.3 Å². The van der Waals surface area contributed by atoms with Crippen molar-refractivity contribution in [3.05, 3.63) is 47.8 Å². The van der Waals surface area contributed by atoms with Gasteiger partial charge < -0.3 is 15.6 Å². The number of halogens is 1. The summed E-state index contributed by atoms with van der Waals surface area (Å²) in [6, 6.07) is 4.93. The molecular formula is C24H28FN5O. The maximum Gasteiger partial charge on any atom is 0.254 e. The highest BCUT2D eigenvalue weighted by Gasteiger charge is 2.28. The number of fused-ring (bicyclic) bond motifs is 1. The molecule has 31 heavy (non-hydrogen) atoms. The van der Waals surface area contributed by atoms with Crippen molar-refractivity contribution in [2.75, 3.05) is 13.1 Å². The fourth-order valence-corrected chi connectivity index (χ4v) is 4.78. The van der Waals surface area contributed by atoms with Crippen LogP contribution in [0.3, 0.4) is 0 Å². The maximum absolute atomic E-state index is 15.6. The largest absolute Gasteiger partial charge is 0.341 e. The van der Waals surface area contributed by atoms with Gasteiger partial charge in [0.05, 0.1) is 17.1 Å². The van der Waals surface area contributed by atoms with Crippen molar-refractivity contribution in [1.29, 1.82) is 0 Å². The fraction of sp³-hybridized carbons (Fsp3) is 0.458. The van der Waals surface area contributed by atoms with Gasteiger partial charge in [-0.3, -0.25) is 9.78 Å². The van der Waals surface area contributed by atoms with Crippen molar-refractivity contribution in [1.82, 2.24) is 19.9 Å². The Kier molecular flexibility index (Phi) is 5.22. The molecule has 3 N–H and O–H groups in total. The first-order valence-electron chi connectivity index (χ1n) is 11.2. The van der Waals surface area contributed by atoms with Crippen LogP contribution in [-0.2, 0) is 0 Å². The van der Waals surface area contributed by atoms with Crippen LogP contribution in [0, 0.1) is 17.7 Å². The molecule has 5 rings (SSSR count). The molecule has 2 aliphatic rings. The normalized spacial score (nSPS) is 22.4. The third kappa shape index (κ3) is 3.61. The quantitative estimate of drug-likeness (QED) is 0.652. The van der Waals surface area contributed by atoms with E-state index in [-0.39, 0.29) is 17.5 Å². The predicted octanol–water partition coefficient (Wildman–Crippen LogP) is 4.44. The lowest BCUT2D eigenvalue weighted by Gasteiger charge is -2.31. The molecule has 1 saturated heterocycles. The summed E-state index contributed by atoms with van der Waals surface area (Å²) in [6.07, 6.45) is 8.62. The molecule has 2 aromatic heterocycles. The van der Waals surface area contributed by atoms with Crippen LogP contribution in [0.25, 0.3) is 22.2 Å². The SMILES string of the molecule is CC1CCC(C(N)c2nc3c(F)c(-c4cnccc4C(=O)N4CCC4)ccc3[nH]2)CC1. The summed E-state index contributed by atoms with van der Waals surface area (Å²) in [4.78, 5) is 26.5. The second-order valence-electron chi connectivity index (χ2n) is 9.06. The summed E-state index contributed by atoms with van der Waals surface area (Å²) in [5, 5.41) is 0. The van der Waals surface area contributed by atoms with Gasteiger partial charge in [-0.05, 0) is 49.3 Å². The fourth-order valence-electron chi connectivity index (χ4n) is 4.78. The van der Waals surface area contributed by atoms with Crippen molar-refractivity contribution in [2.45, 2.75) is 45.1 Å². The number of nitrogens with one attached hydrogen (secondary N) is 1. The number of hydrogen-bond donors (Lipinski definition) is 2. The highest BCUT2D eigenvalue weighted by Crippen LogP contribution is 2.36. The van der Waals surface area contributed by atoms with Gasteiger partial charge in [-0.25, -0.2) is 9.37 Å². The Morgan fingerprint density at radius 1 is 1.19 bits per heavy atom. The Morgan fingerprint density at radius 2 is 1.97 bits per heavy atom. The van der Waals surface area contributed by atoms with E-state index in [1.807, 2.05) is 6.07 Å². The number of aromatic amines is 1. The van der Waals surface area contributed by atoms with E-state index in [1.54, 1.807) is 29.4 Å². The average Bonchev–Trinajstić information content (AvgIpc) is 3.18. The number of carbonyl (C=O) groups excluding carboxylic acids is 1. The van der Waals surface area contributed by atoms with E-state index >= 15 is 4.39 Å². The van der Waals surface area contributed by atoms with Crippen molar-refractivity contribution in [3.63, 3.8) is 0 Å². The molecule has 0 radical (unpaired) electrons. The van der Waals surface area contributed by atoms with Gasteiger partial charge in [0.2, 0.25) is 0 Å². The predicted molar refractivity (Wildman–Crippen MR) is 118 cm³/mol. The van der Waals surface area contributed by atoms with Crippen molar-refractivity contribution >= 4 is 16.9 Å². The number of H-pyrrole nitrogens is 1. The summed E-state index contributed by atoms with van der Waals surface area (Å²) in [6.45, 7) is 3.75. The topological polar surface area (TPSA) is 87.9 Å². The number of likely N-dealkylation sites (tertiary alicyclic amines) is 1. The molecule has 6 nitrogen and oxygen atoms in total. The van der Waals surface area contributed by atoms with Crippen LogP contribution >= 0.6 is 0 Å². The van der Waals surface area contributed by atoms with E-state index in [1.165, 1.54) is 12.8 Å². The molecule has 0 bridgehead atoms. The number of rotatable bonds is 4. The number of nitrogens with two attached hydrogens (primary N) is 1. The van der Waals surface area contributed by atoms with Gasteiger partial charge in [0, 0.05) is 36.6 Å². The van der Waals surface area contributed by atoms with Gasteiger partial charge in [-0.15, -0.1) is 0 Å². The van der Waals surface area contributed by atoms with Gasteiger partial charge in [0.1, 0.15) is 11.3 Å². The van der Waals surface area contributed by atoms with Crippen LogP contribution in [-0.4, -0.2) is 38.8 Å². The van der Waals surface area contributed by atoms with Crippen LogP contribution in [0.4, 0.5) is 4.39 Å². The lowest BCUT2D eigenvalue weighted by Crippen LogP contribution is -2.42. The van der Waals surface area contributed by atoms with Crippen LogP contribution in [0.15, 0.2) is 30.6 Å². The number of benzene rings is 1. The van der Waals surface area contributed by atoms with E-state index in [2.05, 4.69) is 21.9 Å². The van der Waals surface area contributed by atoms with E-state index < -0.39 is 5.82 Å². The number of hydrogen-bond acceptors (Lipinski definition) is 4. The first-order chi connectivity index (χ1) is 15.0. The lowest BCUT2D eigenvalue weighted by atomic mass is 9.79. The standard InChI is InChI=1S/C24H28FN5O/c1-14-3-5-15(6-4-14)21(26)23-28-19-8-7-16(20(25)22(19)29-23)18-13-27-10-9-17(18)24(31)30-11-2-12-30/h7-10,13-15,21H,2-6,11-12,26H2,1H3,(H,28,29). The van der Waals surface area contributed by atoms with Crippen molar-refractivity contribution in [3.8, 4) is 11.1 Å². The molecule has 1 saturated carbocycles. The van der Waals surface area contributed by atoms with Gasteiger partial charge in [0.15, 0.2) is 5.82 Å². The molecule has 7 heteroatoms. The zero-order chi connectivity index (χ0) is 21.5. The highest BCUT2D eigenvalue weighted by atomic mass is 19.1. The second kappa shape index (κ2) is 8.04. The van der Waals surface area contributed by atoms with Crippen molar-refractivity contribution < 1.29 is 9.18 Å². The van der Waals surface area contributed by atoms with Crippen LogP contribution in [0.1, 0.15) is 61.3 Å². The molecule has 1 unspecified atom stereocenters. The maximum atomic E-state index is 15.6. The summed E-state index contributed by atoms with van der Waals surface area (Å²) < 4.78 is 15.6. The zero-order valence-corrected chi connectivity index (χ0v) is 17.8. The molecule has 0 spiro atoms. The Hall–Kier alpha value is -2.80. The van der Waals surface area contributed by atoms with E-state index in [0.29, 0.717) is 33.9 Å². The van der Waals surface area contributed by atoms with Gasteiger partial charge in [-0.2, -0.15) is 0 Å². The smallest absolute Gasteiger partial charge is 0.254 e. The third-order valence-corrected chi connectivity index (χ3v) is 6.98. The minimum atomic E-state index is -0.449. The minimum Gasteiger partial charge on any atom is -0.341 e. The molecule has 1 aromatic carbocycles. The molecule has 1 aliphatic carbocycles. The minimum absolute atomic E-state index is 0.0839. The Morgan fingerprint density at radius 3 is 2.68 bits per heavy atom. The van der Waals surface area contributed by atoms with Gasteiger partial charge >= 0.3 is 0 Å². The molecule has 3 heterocycles. The molecule has 1 aliphatic heterocycles. The average molecular weight is 422 g/mol. The molecule has 162 valence electrons. The molecule has 1 amide bonds. The third-order valence-electron chi connectivity index (χ3n) is 6.98. The second-order valence-corrected chi connectivity index (χ2v) is 9.06. The number of nitrogens with zero attached hydrogens (tertiary/aromatic N) is 3. The van der Waals surface area contributed by atoms with Crippen LogP contribution in [0.2, 0.25) is 0 Å². The van der Waals surface area contributed by atoms with Crippen LogP contribution in [0.5, 0.6) is 0 Å². The Labute approximate surface area is 181 Å². The van der Waals surface area contributed by atoms with Gasteiger partial charge in [0.25, 0.3) is 5.91 Å². The zero-order valence-electron chi connectivity index (χ0n) is 17.8. The number of carbonyl (C=O) groups is 1. The monoisotopic (exact) mass is 421 g/mol. The first-order valence-corrected chi connectivity index (χ1v) is 11.2. The van der Waals surface area contributed by atoms with E-state index in [4.69, 9.17) is 5.73 Å². The molecule has 2 fully saturated rings. The number of amides is 1. The Balaban J connectivity index is 1.49. The summed E-state index contributed by atoms with van der Waals surface area (Å²) in [5.74, 6) is 1.20. The first kappa shape index (κ1) is 20.1. The molecule has 3 aromatic rings. The summed E-state index contributed by atoms with van der Waals surface area (Å²) in [7, 11) is 0. The number of pyridine rings is 1. The van der Waals surface area contributed by atoms with Gasteiger partial charge in [-0.1, -0.05) is 19.8 Å². The molecular weight excluding hydrogens is 393 g/mol.